The maximum Gasteiger partial charge on any atom is 0.290 e. The number of hydrogen-bond acceptors (Lipinski definition) is 5. The van der Waals surface area contributed by atoms with Gasteiger partial charge in [0.1, 0.15) is 0 Å². The Kier molecular flexibility index (Phi) is 3.49. The fraction of sp³-hybridized carbons (Fsp3) is 0.0909. The molecule has 0 unspecified atom stereocenters. The monoisotopic (exact) mass is 285 g/mol. The first-order valence-corrected chi connectivity index (χ1v) is 6.02. The number of ether oxygens (including phenoxy) is 1. The Morgan fingerprint density at radius 3 is 2.72 bits per heavy atom. The van der Waals surface area contributed by atoms with Gasteiger partial charge < -0.3 is 9.84 Å². The standard InChI is InChI=1S/C11H8ClNO4S/c1-17-7-3-5(2-6(12)9(7)14)4-8-10(15)13-11(16)18-8/h2-4,14H,1H3,(H,13,15,16)/b8-4-. The molecule has 0 aliphatic carbocycles. The first-order chi connectivity index (χ1) is 8.51. The number of rotatable bonds is 2. The molecule has 5 nitrogen and oxygen atoms in total. The van der Waals surface area contributed by atoms with E-state index in [9.17, 15) is 14.7 Å². The molecule has 1 heterocycles. The lowest BCUT2D eigenvalue weighted by atomic mass is 10.2. The number of thioether (sulfide) groups is 1. The molecule has 18 heavy (non-hydrogen) atoms. The van der Waals surface area contributed by atoms with Crippen LogP contribution in [0, 0.1) is 0 Å². The highest BCUT2D eigenvalue weighted by Gasteiger charge is 2.25. The van der Waals surface area contributed by atoms with Gasteiger partial charge in [0.05, 0.1) is 17.0 Å². The van der Waals surface area contributed by atoms with E-state index in [1.807, 2.05) is 0 Å². The number of imide groups is 1. The van der Waals surface area contributed by atoms with Crippen LogP contribution in [0.25, 0.3) is 6.08 Å². The van der Waals surface area contributed by atoms with Gasteiger partial charge in [0.2, 0.25) is 0 Å². The van der Waals surface area contributed by atoms with E-state index in [1.165, 1.54) is 25.3 Å². The lowest BCUT2D eigenvalue weighted by molar-refractivity contribution is -0.115. The van der Waals surface area contributed by atoms with Crippen LogP contribution >= 0.6 is 23.4 Å². The molecule has 0 spiro atoms. The van der Waals surface area contributed by atoms with Gasteiger partial charge in [0, 0.05) is 0 Å². The van der Waals surface area contributed by atoms with Gasteiger partial charge in [-0.3, -0.25) is 14.9 Å². The zero-order chi connectivity index (χ0) is 13.3. The minimum atomic E-state index is -0.451. The predicted molar refractivity (Wildman–Crippen MR) is 68.8 cm³/mol. The number of phenols is 1. The predicted octanol–water partition coefficient (Wildman–Crippen LogP) is 2.38. The normalized spacial score (nSPS) is 17.1. The summed E-state index contributed by atoms with van der Waals surface area (Å²) < 4.78 is 4.94. The first kappa shape index (κ1) is 12.8. The van der Waals surface area contributed by atoms with Crippen LogP contribution in [-0.4, -0.2) is 23.4 Å². The zero-order valence-electron chi connectivity index (χ0n) is 9.19. The largest absolute Gasteiger partial charge is 0.503 e. The Labute approximate surface area is 112 Å². The van der Waals surface area contributed by atoms with Crippen LogP contribution in [0.5, 0.6) is 11.5 Å². The molecule has 94 valence electrons. The van der Waals surface area contributed by atoms with Crippen molar-refractivity contribution in [2.24, 2.45) is 0 Å². The lowest BCUT2D eigenvalue weighted by Gasteiger charge is -2.06. The molecule has 2 N–H and O–H groups in total. The molecule has 0 bridgehead atoms. The van der Waals surface area contributed by atoms with E-state index in [0.29, 0.717) is 5.56 Å². The van der Waals surface area contributed by atoms with Crippen molar-refractivity contribution in [1.29, 1.82) is 0 Å². The molecule has 1 aromatic rings. The zero-order valence-corrected chi connectivity index (χ0v) is 10.8. The minimum absolute atomic E-state index is 0.107. The van der Waals surface area contributed by atoms with Gasteiger partial charge in [-0.2, -0.15) is 0 Å². The molecular weight excluding hydrogens is 278 g/mol. The van der Waals surface area contributed by atoms with E-state index in [2.05, 4.69) is 5.32 Å². The second-order valence-corrected chi connectivity index (χ2v) is 4.83. The van der Waals surface area contributed by atoms with Gasteiger partial charge in [-0.25, -0.2) is 0 Å². The molecule has 0 aromatic heterocycles. The molecule has 7 heteroatoms. The molecule has 1 fully saturated rings. The Bertz CT molecular complexity index is 570. The number of aromatic hydroxyl groups is 1. The second kappa shape index (κ2) is 4.91. The fourth-order valence-corrected chi connectivity index (χ4v) is 2.31. The number of carbonyl (C=O) groups excluding carboxylic acids is 2. The van der Waals surface area contributed by atoms with Crippen molar-refractivity contribution in [3.05, 3.63) is 27.6 Å². The Hall–Kier alpha value is -1.66. The summed E-state index contributed by atoms with van der Waals surface area (Å²) in [6, 6.07) is 2.99. The summed E-state index contributed by atoms with van der Waals surface area (Å²) in [5.74, 6) is -0.418. The van der Waals surface area contributed by atoms with E-state index < -0.39 is 11.1 Å². The number of hydrogen-bond donors (Lipinski definition) is 2. The smallest absolute Gasteiger partial charge is 0.290 e. The Morgan fingerprint density at radius 2 is 2.17 bits per heavy atom. The molecule has 0 radical (unpaired) electrons. The van der Waals surface area contributed by atoms with Crippen molar-refractivity contribution in [3.63, 3.8) is 0 Å². The van der Waals surface area contributed by atoms with Crippen molar-refractivity contribution in [2.45, 2.75) is 0 Å². The van der Waals surface area contributed by atoms with Crippen molar-refractivity contribution in [2.75, 3.05) is 7.11 Å². The SMILES string of the molecule is COc1cc(/C=C2\SC(=O)NC2=O)cc(Cl)c1O. The van der Waals surface area contributed by atoms with Crippen molar-refractivity contribution < 1.29 is 19.4 Å². The van der Waals surface area contributed by atoms with Gasteiger partial charge in [-0.05, 0) is 35.5 Å². The number of carbonyl (C=O) groups is 2. The van der Waals surface area contributed by atoms with Gasteiger partial charge in [0.15, 0.2) is 11.5 Å². The third-order valence-corrected chi connectivity index (χ3v) is 3.31. The van der Waals surface area contributed by atoms with Crippen LogP contribution in [0.1, 0.15) is 5.56 Å². The second-order valence-electron chi connectivity index (χ2n) is 3.41. The number of nitrogens with one attached hydrogen (secondary N) is 1. The van der Waals surface area contributed by atoms with Gasteiger partial charge >= 0.3 is 0 Å². The van der Waals surface area contributed by atoms with E-state index in [1.54, 1.807) is 0 Å². The summed E-state index contributed by atoms with van der Waals surface area (Å²) in [5, 5.41) is 11.4. The summed E-state index contributed by atoms with van der Waals surface area (Å²) in [7, 11) is 1.39. The van der Waals surface area contributed by atoms with E-state index in [4.69, 9.17) is 16.3 Å². The van der Waals surface area contributed by atoms with Crippen molar-refractivity contribution in [1.82, 2.24) is 5.32 Å². The molecule has 1 saturated heterocycles. The van der Waals surface area contributed by atoms with Crippen LogP contribution < -0.4 is 10.1 Å². The molecule has 0 atom stereocenters. The quantitative estimate of drug-likeness (QED) is 0.816. The van der Waals surface area contributed by atoms with E-state index >= 15 is 0 Å². The van der Waals surface area contributed by atoms with Crippen LogP contribution in [0.2, 0.25) is 5.02 Å². The summed E-state index contributed by atoms with van der Waals surface area (Å²) >= 11 is 6.62. The average Bonchev–Trinajstić information content (AvgIpc) is 2.62. The summed E-state index contributed by atoms with van der Waals surface area (Å²) in [6.45, 7) is 0. The molecule has 2 rings (SSSR count). The third kappa shape index (κ3) is 2.44. The van der Waals surface area contributed by atoms with Crippen LogP contribution in [-0.2, 0) is 4.79 Å². The highest BCUT2D eigenvalue weighted by molar-refractivity contribution is 8.18. The third-order valence-electron chi connectivity index (χ3n) is 2.21. The van der Waals surface area contributed by atoms with Gasteiger partial charge in [-0.1, -0.05) is 11.6 Å². The van der Waals surface area contributed by atoms with Crippen LogP contribution in [0.4, 0.5) is 4.79 Å². The fourth-order valence-electron chi connectivity index (χ4n) is 1.41. The topological polar surface area (TPSA) is 75.6 Å². The van der Waals surface area contributed by atoms with Crippen LogP contribution in [0.3, 0.4) is 0 Å². The van der Waals surface area contributed by atoms with Crippen molar-refractivity contribution >= 4 is 40.6 Å². The summed E-state index contributed by atoms with van der Waals surface area (Å²) in [4.78, 5) is 22.6. The number of phenolic OH excluding ortho intramolecular Hbond substituents is 1. The number of benzene rings is 1. The minimum Gasteiger partial charge on any atom is -0.503 e. The highest BCUT2D eigenvalue weighted by Crippen LogP contribution is 2.36. The molecule has 1 aliphatic rings. The highest BCUT2D eigenvalue weighted by atomic mass is 35.5. The van der Waals surface area contributed by atoms with E-state index in [-0.39, 0.29) is 21.4 Å². The molecule has 2 amide bonds. The summed E-state index contributed by atoms with van der Waals surface area (Å²) in [5.41, 5.74) is 0.557. The molecule has 1 aliphatic heterocycles. The number of halogens is 1. The molecule has 1 aromatic carbocycles. The number of methoxy groups -OCH3 is 1. The molecular formula is C11H8ClNO4S. The van der Waals surface area contributed by atoms with E-state index in [0.717, 1.165) is 11.8 Å². The Morgan fingerprint density at radius 1 is 1.44 bits per heavy atom. The van der Waals surface area contributed by atoms with Crippen molar-refractivity contribution in [3.8, 4) is 11.5 Å². The van der Waals surface area contributed by atoms with Crippen LogP contribution in [0.15, 0.2) is 17.0 Å². The maximum absolute atomic E-state index is 11.4. The lowest BCUT2D eigenvalue weighted by Crippen LogP contribution is -2.17. The average molecular weight is 286 g/mol. The first-order valence-electron chi connectivity index (χ1n) is 4.82. The Balaban J connectivity index is 2.41. The van der Waals surface area contributed by atoms with Gasteiger partial charge in [0.25, 0.3) is 11.1 Å². The number of amides is 2. The van der Waals surface area contributed by atoms with Gasteiger partial charge in [-0.15, -0.1) is 0 Å². The molecule has 0 saturated carbocycles. The maximum atomic E-state index is 11.4. The summed E-state index contributed by atoms with van der Waals surface area (Å²) in [6.07, 6.45) is 1.50.